The molecular formula is C21H24O. The average Bonchev–Trinajstić information content (AvgIpc) is 2.54. The summed E-state index contributed by atoms with van der Waals surface area (Å²) in [4.78, 5) is 0. The third kappa shape index (κ3) is 4.67. The van der Waals surface area contributed by atoms with Crippen LogP contribution in [0.3, 0.4) is 0 Å². The Morgan fingerprint density at radius 1 is 1.05 bits per heavy atom. The van der Waals surface area contributed by atoms with Gasteiger partial charge in [-0.15, -0.1) is 11.8 Å². The van der Waals surface area contributed by atoms with Crippen molar-refractivity contribution in [2.24, 2.45) is 0 Å². The van der Waals surface area contributed by atoms with Crippen LogP contribution >= 0.6 is 0 Å². The first kappa shape index (κ1) is 16.2. The molecular weight excluding hydrogens is 268 g/mol. The summed E-state index contributed by atoms with van der Waals surface area (Å²) in [5.41, 5.74) is 3.82. The Hall–Kier alpha value is -2.20. The maximum atomic E-state index is 5.88. The highest BCUT2D eigenvalue weighted by Crippen LogP contribution is 2.26. The molecule has 0 heterocycles. The van der Waals surface area contributed by atoms with E-state index in [1.54, 1.807) is 0 Å². The van der Waals surface area contributed by atoms with Crippen molar-refractivity contribution in [1.29, 1.82) is 0 Å². The molecule has 2 aromatic carbocycles. The highest BCUT2D eigenvalue weighted by atomic mass is 16.5. The molecule has 1 atom stereocenters. The van der Waals surface area contributed by atoms with E-state index in [-0.39, 0.29) is 0 Å². The van der Waals surface area contributed by atoms with Crippen molar-refractivity contribution >= 4 is 0 Å². The van der Waals surface area contributed by atoms with E-state index >= 15 is 0 Å². The van der Waals surface area contributed by atoms with Crippen LogP contribution < -0.4 is 4.74 Å². The molecule has 0 aliphatic heterocycles. The summed E-state index contributed by atoms with van der Waals surface area (Å²) in [6, 6.07) is 16.6. The van der Waals surface area contributed by atoms with Gasteiger partial charge in [0.25, 0.3) is 0 Å². The minimum Gasteiger partial charge on any atom is -0.489 e. The number of aryl methyl sites for hydroxylation is 1. The molecule has 0 saturated heterocycles. The quantitative estimate of drug-likeness (QED) is 0.663. The SMILES string of the molecule is CCC#CCC(C)c1ccc(OCc2ccccc2)cc1C. The fraction of sp³-hybridized carbons (Fsp3) is 0.333. The normalized spacial score (nSPS) is 11.4. The molecule has 0 N–H and O–H groups in total. The van der Waals surface area contributed by atoms with Crippen molar-refractivity contribution in [2.45, 2.75) is 46.1 Å². The Balaban J connectivity index is 2.00. The summed E-state index contributed by atoms with van der Waals surface area (Å²) in [5.74, 6) is 7.77. The van der Waals surface area contributed by atoms with Gasteiger partial charge in [-0.2, -0.15) is 0 Å². The van der Waals surface area contributed by atoms with Crippen molar-refractivity contribution < 1.29 is 4.74 Å². The van der Waals surface area contributed by atoms with Crippen molar-refractivity contribution in [3.63, 3.8) is 0 Å². The summed E-state index contributed by atoms with van der Waals surface area (Å²) < 4.78 is 5.88. The lowest BCUT2D eigenvalue weighted by atomic mass is 9.94. The maximum Gasteiger partial charge on any atom is 0.120 e. The summed E-state index contributed by atoms with van der Waals surface area (Å²) in [7, 11) is 0. The van der Waals surface area contributed by atoms with Gasteiger partial charge in [-0.25, -0.2) is 0 Å². The maximum absolute atomic E-state index is 5.88. The van der Waals surface area contributed by atoms with Crippen molar-refractivity contribution in [3.05, 3.63) is 65.2 Å². The van der Waals surface area contributed by atoms with E-state index in [0.717, 1.165) is 18.6 Å². The van der Waals surface area contributed by atoms with E-state index in [0.29, 0.717) is 12.5 Å². The molecule has 0 saturated carbocycles. The van der Waals surface area contributed by atoms with Crippen molar-refractivity contribution in [3.8, 4) is 17.6 Å². The van der Waals surface area contributed by atoms with Crippen molar-refractivity contribution in [2.75, 3.05) is 0 Å². The van der Waals surface area contributed by atoms with Crippen LogP contribution in [0.5, 0.6) is 5.75 Å². The molecule has 0 aliphatic carbocycles. The van der Waals surface area contributed by atoms with Crippen LogP contribution in [0.4, 0.5) is 0 Å². The van der Waals surface area contributed by atoms with Gasteiger partial charge in [-0.1, -0.05) is 50.2 Å². The lowest BCUT2D eigenvalue weighted by Crippen LogP contribution is -1.99. The first-order chi connectivity index (χ1) is 10.7. The van der Waals surface area contributed by atoms with Crippen LogP contribution in [0.25, 0.3) is 0 Å². The zero-order valence-corrected chi connectivity index (χ0v) is 13.7. The van der Waals surface area contributed by atoms with Crippen LogP contribution in [-0.2, 0) is 6.61 Å². The van der Waals surface area contributed by atoms with Crippen molar-refractivity contribution in [1.82, 2.24) is 0 Å². The van der Waals surface area contributed by atoms with Gasteiger partial charge in [0.1, 0.15) is 12.4 Å². The van der Waals surface area contributed by atoms with Crippen LogP contribution in [0.2, 0.25) is 0 Å². The minimum absolute atomic E-state index is 0.460. The Morgan fingerprint density at radius 2 is 1.82 bits per heavy atom. The molecule has 2 rings (SSSR count). The molecule has 0 radical (unpaired) electrons. The highest BCUT2D eigenvalue weighted by molar-refractivity contribution is 5.37. The molecule has 0 aliphatic rings. The summed E-state index contributed by atoms with van der Waals surface area (Å²) in [5, 5.41) is 0. The third-order valence-electron chi connectivity index (χ3n) is 3.73. The van der Waals surface area contributed by atoms with Crippen LogP contribution in [-0.4, -0.2) is 0 Å². The van der Waals surface area contributed by atoms with Gasteiger partial charge in [0.15, 0.2) is 0 Å². The lowest BCUT2D eigenvalue weighted by Gasteiger charge is -2.14. The smallest absolute Gasteiger partial charge is 0.120 e. The number of benzene rings is 2. The predicted molar refractivity (Wildman–Crippen MR) is 93.1 cm³/mol. The largest absolute Gasteiger partial charge is 0.489 e. The first-order valence-electron chi connectivity index (χ1n) is 7.93. The number of rotatable bonds is 5. The molecule has 22 heavy (non-hydrogen) atoms. The Morgan fingerprint density at radius 3 is 2.50 bits per heavy atom. The van der Waals surface area contributed by atoms with Crippen LogP contribution in [0, 0.1) is 18.8 Å². The van der Waals surface area contributed by atoms with E-state index < -0.39 is 0 Å². The second-order valence-corrected chi connectivity index (χ2v) is 5.60. The van der Waals surface area contributed by atoms with Gasteiger partial charge < -0.3 is 4.74 Å². The second kappa shape index (κ2) is 8.29. The second-order valence-electron chi connectivity index (χ2n) is 5.60. The molecule has 2 aromatic rings. The Labute approximate surface area is 134 Å². The highest BCUT2D eigenvalue weighted by Gasteiger charge is 2.08. The predicted octanol–water partition coefficient (Wildman–Crippen LogP) is 5.48. The first-order valence-corrected chi connectivity index (χ1v) is 7.93. The number of ether oxygens (including phenoxy) is 1. The monoisotopic (exact) mass is 292 g/mol. The summed E-state index contributed by atoms with van der Waals surface area (Å²) >= 11 is 0. The molecule has 0 amide bonds. The van der Waals surface area contributed by atoms with Gasteiger partial charge in [-0.3, -0.25) is 0 Å². The standard InChI is InChI=1S/C21H24O/c1-4-5-7-10-17(2)21-14-13-20(15-18(21)3)22-16-19-11-8-6-9-12-19/h6,8-9,11-15,17H,4,10,16H2,1-3H3. The molecule has 0 spiro atoms. The van der Waals surface area contributed by atoms with Crippen LogP contribution in [0.1, 0.15) is 49.3 Å². The Bertz CT molecular complexity index is 647. The average molecular weight is 292 g/mol. The molecule has 1 nitrogen and oxygen atoms in total. The van der Waals surface area contributed by atoms with E-state index in [9.17, 15) is 0 Å². The van der Waals surface area contributed by atoms with E-state index in [4.69, 9.17) is 4.74 Å². The lowest BCUT2D eigenvalue weighted by molar-refractivity contribution is 0.306. The summed E-state index contributed by atoms with van der Waals surface area (Å²) in [6.07, 6.45) is 1.84. The zero-order chi connectivity index (χ0) is 15.8. The minimum atomic E-state index is 0.460. The molecule has 0 fully saturated rings. The molecule has 0 bridgehead atoms. The fourth-order valence-corrected chi connectivity index (χ4v) is 2.49. The zero-order valence-electron chi connectivity index (χ0n) is 13.7. The fourth-order valence-electron chi connectivity index (χ4n) is 2.49. The van der Waals surface area contributed by atoms with Gasteiger partial charge in [0.05, 0.1) is 0 Å². The third-order valence-corrected chi connectivity index (χ3v) is 3.73. The number of hydrogen-bond donors (Lipinski definition) is 0. The number of hydrogen-bond acceptors (Lipinski definition) is 1. The molecule has 1 heteroatoms. The Kier molecular flexibility index (Phi) is 6.10. The molecule has 114 valence electrons. The van der Waals surface area contributed by atoms with E-state index in [1.165, 1.54) is 16.7 Å². The van der Waals surface area contributed by atoms with Crippen LogP contribution in [0.15, 0.2) is 48.5 Å². The van der Waals surface area contributed by atoms with Gasteiger partial charge >= 0.3 is 0 Å². The molecule has 1 unspecified atom stereocenters. The van der Waals surface area contributed by atoms with Gasteiger partial charge in [-0.05, 0) is 41.7 Å². The van der Waals surface area contributed by atoms with E-state index in [1.807, 2.05) is 18.2 Å². The van der Waals surface area contributed by atoms with Gasteiger partial charge in [0, 0.05) is 12.8 Å². The molecule has 0 aromatic heterocycles. The topological polar surface area (TPSA) is 9.23 Å². The van der Waals surface area contributed by atoms with E-state index in [2.05, 4.69) is 62.9 Å². The van der Waals surface area contributed by atoms with Gasteiger partial charge in [0.2, 0.25) is 0 Å². The summed E-state index contributed by atoms with van der Waals surface area (Å²) in [6.45, 7) is 7.07.